The van der Waals surface area contributed by atoms with Crippen LogP contribution in [0.3, 0.4) is 0 Å². The third-order valence-corrected chi connectivity index (χ3v) is 5.87. The molecule has 7 nitrogen and oxygen atoms in total. The Morgan fingerprint density at radius 3 is 2.29 bits per heavy atom. The lowest BCUT2D eigenvalue weighted by atomic mass is 10.1. The Balaban J connectivity index is 1.27. The van der Waals surface area contributed by atoms with Gasteiger partial charge in [-0.1, -0.05) is 24.3 Å². The molecule has 34 heavy (non-hydrogen) atoms. The SMILES string of the molecule is CCOc1cc(C=CC(=O)N2CCN(C(=O)C3CC3)CC2)ccc1OCCOc1ccccc1. The summed E-state index contributed by atoms with van der Waals surface area (Å²) in [5, 5.41) is 0. The molecular formula is C27H32N2O5. The van der Waals surface area contributed by atoms with Crippen LogP contribution in [-0.2, 0) is 9.59 Å². The first kappa shape index (κ1) is 23.7. The molecular weight excluding hydrogens is 432 g/mol. The van der Waals surface area contributed by atoms with Crippen molar-refractivity contribution in [1.82, 2.24) is 9.80 Å². The van der Waals surface area contributed by atoms with Gasteiger partial charge in [0.2, 0.25) is 11.8 Å². The Bertz CT molecular complexity index is 995. The number of carbonyl (C=O) groups excluding carboxylic acids is 2. The zero-order chi connectivity index (χ0) is 23.8. The molecule has 2 aromatic carbocycles. The van der Waals surface area contributed by atoms with Crippen molar-refractivity contribution in [3.05, 3.63) is 60.2 Å². The summed E-state index contributed by atoms with van der Waals surface area (Å²) in [4.78, 5) is 28.5. The second-order valence-corrected chi connectivity index (χ2v) is 8.41. The molecule has 1 saturated carbocycles. The maximum absolute atomic E-state index is 12.6. The number of amides is 2. The number of para-hydroxylation sites is 1. The van der Waals surface area contributed by atoms with E-state index in [-0.39, 0.29) is 17.7 Å². The Morgan fingerprint density at radius 2 is 1.59 bits per heavy atom. The van der Waals surface area contributed by atoms with Crippen molar-refractivity contribution in [3.8, 4) is 17.2 Å². The molecule has 0 bridgehead atoms. The molecule has 2 aromatic rings. The van der Waals surface area contributed by atoms with Crippen molar-refractivity contribution in [2.45, 2.75) is 19.8 Å². The van der Waals surface area contributed by atoms with Gasteiger partial charge < -0.3 is 24.0 Å². The summed E-state index contributed by atoms with van der Waals surface area (Å²) in [6, 6.07) is 15.2. The van der Waals surface area contributed by atoms with Crippen LogP contribution in [0.25, 0.3) is 6.08 Å². The number of nitrogens with zero attached hydrogens (tertiary/aromatic N) is 2. The van der Waals surface area contributed by atoms with Gasteiger partial charge in [-0.25, -0.2) is 0 Å². The van der Waals surface area contributed by atoms with Gasteiger partial charge in [0, 0.05) is 38.2 Å². The molecule has 0 N–H and O–H groups in total. The summed E-state index contributed by atoms with van der Waals surface area (Å²) in [6.07, 6.45) is 5.39. The maximum Gasteiger partial charge on any atom is 0.246 e. The molecule has 1 aliphatic heterocycles. The average Bonchev–Trinajstić information content (AvgIpc) is 3.72. The van der Waals surface area contributed by atoms with Gasteiger partial charge in [0.25, 0.3) is 0 Å². The standard InChI is InChI=1S/C27H32N2O5/c1-2-32-25-20-21(8-12-24(25)34-19-18-33-23-6-4-3-5-7-23)9-13-26(30)28-14-16-29(17-15-28)27(31)22-10-11-22/h3-9,12-13,20,22H,2,10-11,14-19H2,1H3. The number of carbonyl (C=O) groups is 2. The molecule has 1 aliphatic carbocycles. The molecule has 7 heteroatoms. The highest BCUT2D eigenvalue weighted by Gasteiger charge is 2.34. The minimum atomic E-state index is -0.0464. The molecule has 0 unspecified atom stereocenters. The number of piperazine rings is 1. The Kier molecular flexibility index (Phi) is 8.07. The zero-order valence-corrected chi connectivity index (χ0v) is 19.7. The third kappa shape index (κ3) is 6.53. The van der Waals surface area contributed by atoms with Crippen molar-refractivity contribution < 1.29 is 23.8 Å². The molecule has 2 aliphatic rings. The minimum absolute atomic E-state index is 0.0464. The van der Waals surface area contributed by atoms with Crippen LogP contribution in [0.5, 0.6) is 17.2 Å². The Morgan fingerprint density at radius 1 is 0.882 bits per heavy atom. The van der Waals surface area contributed by atoms with E-state index >= 15 is 0 Å². The summed E-state index contributed by atoms with van der Waals surface area (Å²) in [5.41, 5.74) is 0.854. The highest BCUT2D eigenvalue weighted by molar-refractivity contribution is 5.92. The second-order valence-electron chi connectivity index (χ2n) is 8.41. The third-order valence-electron chi connectivity index (χ3n) is 5.87. The first-order valence-electron chi connectivity index (χ1n) is 12.0. The van der Waals surface area contributed by atoms with Gasteiger partial charge in [-0.15, -0.1) is 0 Å². The van der Waals surface area contributed by atoms with Crippen LogP contribution in [0.15, 0.2) is 54.6 Å². The zero-order valence-electron chi connectivity index (χ0n) is 19.7. The van der Waals surface area contributed by atoms with Gasteiger partial charge in [0.15, 0.2) is 11.5 Å². The van der Waals surface area contributed by atoms with Crippen molar-refractivity contribution in [1.29, 1.82) is 0 Å². The first-order chi connectivity index (χ1) is 16.6. The van der Waals surface area contributed by atoms with Gasteiger partial charge in [0.05, 0.1) is 6.61 Å². The van der Waals surface area contributed by atoms with Gasteiger partial charge in [-0.3, -0.25) is 9.59 Å². The predicted molar refractivity (Wildman–Crippen MR) is 130 cm³/mol. The van der Waals surface area contributed by atoms with Gasteiger partial charge in [-0.05, 0) is 55.7 Å². The minimum Gasteiger partial charge on any atom is -0.490 e. The number of ether oxygens (including phenoxy) is 3. The highest BCUT2D eigenvalue weighted by atomic mass is 16.5. The monoisotopic (exact) mass is 464 g/mol. The normalized spacial score (nSPS) is 15.9. The van der Waals surface area contributed by atoms with E-state index in [1.807, 2.05) is 60.4 Å². The fraction of sp³-hybridized carbons (Fsp3) is 0.407. The van der Waals surface area contributed by atoms with E-state index in [4.69, 9.17) is 14.2 Å². The summed E-state index contributed by atoms with van der Waals surface area (Å²) in [7, 11) is 0. The molecule has 1 saturated heterocycles. The van der Waals surface area contributed by atoms with Crippen molar-refractivity contribution >= 4 is 17.9 Å². The van der Waals surface area contributed by atoms with Gasteiger partial charge >= 0.3 is 0 Å². The molecule has 2 amide bonds. The molecule has 2 fully saturated rings. The van der Waals surface area contributed by atoms with Crippen LogP contribution in [0.1, 0.15) is 25.3 Å². The summed E-state index contributed by atoms with van der Waals surface area (Å²) < 4.78 is 17.3. The maximum atomic E-state index is 12.6. The van der Waals surface area contributed by atoms with E-state index in [1.54, 1.807) is 17.1 Å². The quantitative estimate of drug-likeness (QED) is 0.397. The molecule has 0 spiro atoms. The van der Waals surface area contributed by atoms with E-state index < -0.39 is 0 Å². The number of hydrogen-bond acceptors (Lipinski definition) is 5. The smallest absolute Gasteiger partial charge is 0.246 e. The molecule has 0 aromatic heterocycles. The molecule has 1 heterocycles. The summed E-state index contributed by atoms with van der Waals surface area (Å²) in [6.45, 7) is 5.61. The van der Waals surface area contributed by atoms with Crippen LogP contribution in [0, 0.1) is 5.92 Å². The molecule has 180 valence electrons. The van der Waals surface area contributed by atoms with Crippen LogP contribution in [-0.4, -0.2) is 67.6 Å². The van der Waals surface area contributed by atoms with E-state index in [2.05, 4.69) is 0 Å². The first-order valence-corrected chi connectivity index (χ1v) is 12.0. The second kappa shape index (κ2) is 11.6. The Labute approximate surface area is 200 Å². The summed E-state index contributed by atoms with van der Waals surface area (Å²) >= 11 is 0. The Hall–Kier alpha value is -3.48. The molecule has 0 radical (unpaired) electrons. The van der Waals surface area contributed by atoms with Gasteiger partial charge in [-0.2, -0.15) is 0 Å². The molecule has 0 atom stereocenters. The van der Waals surface area contributed by atoms with Crippen molar-refractivity contribution in [2.75, 3.05) is 46.0 Å². The predicted octanol–water partition coefficient (Wildman–Crippen LogP) is 3.64. The fourth-order valence-corrected chi connectivity index (χ4v) is 3.85. The van der Waals surface area contributed by atoms with E-state index in [0.29, 0.717) is 57.5 Å². The van der Waals surface area contributed by atoms with Gasteiger partial charge in [0.1, 0.15) is 19.0 Å². The lowest BCUT2D eigenvalue weighted by Crippen LogP contribution is -2.50. The fourth-order valence-electron chi connectivity index (χ4n) is 3.85. The van der Waals surface area contributed by atoms with Crippen LogP contribution >= 0.6 is 0 Å². The van der Waals surface area contributed by atoms with E-state index in [0.717, 1.165) is 24.2 Å². The largest absolute Gasteiger partial charge is 0.490 e. The van der Waals surface area contributed by atoms with Crippen molar-refractivity contribution in [2.24, 2.45) is 5.92 Å². The van der Waals surface area contributed by atoms with E-state index in [9.17, 15) is 9.59 Å². The van der Waals surface area contributed by atoms with Crippen molar-refractivity contribution in [3.63, 3.8) is 0 Å². The van der Waals surface area contributed by atoms with Crippen LogP contribution in [0.2, 0.25) is 0 Å². The van der Waals surface area contributed by atoms with Crippen LogP contribution in [0.4, 0.5) is 0 Å². The topological polar surface area (TPSA) is 68.3 Å². The van der Waals surface area contributed by atoms with Crippen LogP contribution < -0.4 is 14.2 Å². The average molecular weight is 465 g/mol. The highest BCUT2D eigenvalue weighted by Crippen LogP contribution is 2.31. The lowest BCUT2D eigenvalue weighted by Gasteiger charge is -2.34. The number of benzene rings is 2. The molecule has 4 rings (SSSR count). The van der Waals surface area contributed by atoms with E-state index in [1.165, 1.54) is 0 Å². The lowest BCUT2D eigenvalue weighted by molar-refractivity contribution is -0.138. The summed E-state index contributed by atoms with van der Waals surface area (Å²) in [5.74, 6) is 2.50. The number of rotatable bonds is 10. The number of hydrogen-bond donors (Lipinski definition) is 0.